The molecule has 0 aromatic carbocycles. The van der Waals surface area contributed by atoms with E-state index in [2.05, 4.69) is 14.0 Å². The van der Waals surface area contributed by atoms with Crippen LogP contribution in [-0.2, 0) is 29.1 Å². The van der Waals surface area contributed by atoms with E-state index in [1.54, 1.807) is 0 Å². The first kappa shape index (κ1) is 12.8. The van der Waals surface area contributed by atoms with Crippen molar-refractivity contribution in [2.75, 3.05) is 33.5 Å². The van der Waals surface area contributed by atoms with Crippen molar-refractivity contribution in [1.82, 2.24) is 0 Å². The maximum atomic E-state index is 9.91. The molecule has 0 spiro atoms. The molecule has 8 heteroatoms. The molecule has 0 saturated heterocycles. The van der Waals surface area contributed by atoms with Crippen molar-refractivity contribution in [3.63, 3.8) is 0 Å². The second-order valence-corrected chi connectivity index (χ2v) is 2.91. The van der Waals surface area contributed by atoms with Gasteiger partial charge in [-0.25, -0.2) is 4.89 Å². The molecule has 0 fully saturated rings. The Kier molecular flexibility index (Phi) is 7.04. The molecule has 80 valence electrons. The van der Waals surface area contributed by atoms with Gasteiger partial charge in [0, 0.05) is 7.11 Å². The lowest BCUT2D eigenvalue weighted by Crippen LogP contribution is -2.11. The monoisotopic (exact) mass is 216 g/mol. The number of rotatable bonds is 8. The molecule has 0 radical (unpaired) electrons. The van der Waals surface area contributed by atoms with Crippen LogP contribution in [0.3, 0.4) is 0 Å². The van der Waals surface area contributed by atoms with Gasteiger partial charge in [0.15, 0.2) is 0 Å². The lowest BCUT2D eigenvalue weighted by atomic mass is 10.7. The van der Waals surface area contributed by atoms with Crippen molar-refractivity contribution in [3.05, 3.63) is 0 Å². The molecule has 0 aliphatic carbocycles. The fourth-order valence-corrected chi connectivity index (χ4v) is 0.622. The zero-order valence-corrected chi connectivity index (χ0v) is 7.95. The Hall–Kier alpha value is -0.250. The Morgan fingerprint density at radius 1 is 1.15 bits per heavy atom. The molecule has 0 heterocycles. The average Bonchev–Trinajstić information content (AvgIpc) is 2.01. The molecular formula is C5H12O7S. The predicted octanol–water partition coefficient (Wildman–Crippen LogP) is -0.600. The third-order valence-corrected chi connectivity index (χ3v) is 1.15. The highest BCUT2D eigenvalue weighted by molar-refractivity contribution is 7.80. The Labute approximate surface area is 76.4 Å². The van der Waals surface area contributed by atoms with Crippen LogP contribution in [-0.4, -0.2) is 46.5 Å². The van der Waals surface area contributed by atoms with Crippen molar-refractivity contribution in [1.29, 1.82) is 0 Å². The largest absolute Gasteiger partial charge is 0.424 e. The SMILES string of the molecule is COCCOCCOOS(=O)(=O)O. The maximum absolute atomic E-state index is 9.91. The molecule has 1 N–H and O–H groups in total. The molecule has 0 aromatic rings. The van der Waals surface area contributed by atoms with Crippen LogP contribution in [0.5, 0.6) is 0 Å². The molecular weight excluding hydrogens is 204 g/mol. The van der Waals surface area contributed by atoms with Crippen molar-refractivity contribution < 1.29 is 31.7 Å². The van der Waals surface area contributed by atoms with Crippen molar-refractivity contribution in [2.45, 2.75) is 0 Å². The lowest BCUT2D eigenvalue weighted by molar-refractivity contribution is -0.216. The van der Waals surface area contributed by atoms with Crippen LogP contribution in [0.1, 0.15) is 0 Å². The average molecular weight is 216 g/mol. The molecule has 7 nitrogen and oxygen atoms in total. The van der Waals surface area contributed by atoms with Gasteiger partial charge >= 0.3 is 10.4 Å². The third kappa shape index (κ3) is 11.8. The summed E-state index contributed by atoms with van der Waals surface area (Å²) in [4.78, 5) is 4.07. The van der Waals surface area contributed by atoms with E-state index in [4.69, 9.17) is 9.29 Å². The number of hydrogen-bond acceptors (Lipinski definition) is 6. The summed E-state index contributed by atoms with van der Waals surface area (Å²) in [5.74, 6) is 0. The summed E-state index contributed by atoms with van der Waals surface area (Å²) >= 11 is 0. The van der Waals surface area contributed by atoms with Gasteiger partial charge < -0.3 is 9.47 Å². The van der Waals surface area contributed by atoms with Gasteiger partial charge in [0.2, 0.25) is 0 Å². The molecule has 0 saturated carbocycles. The van der Waals surface area contributed by atoms with Gasteiger partial charge in [-0.15, -0.1) is 0 Å². The molecule has 0 unspecified atom stereocenters. The second kappa shape index (κ2) is 7.18. The molecule has 0 aliphatic heterocycles. The normalized spacial score (nSPS) is 11.8. The van der Waals surface area contributed by atoms with Crippen LogP contribution in [0, 0.1) is 0 Å². The van der Waals surface area contributed by atoms with E-state index < -0.39 is 10.4 Å². The van der Waals surface area contributed by atoms with E-state index in [0.29, 0.717) is 13.2 Å². The Balaban J connectivity index is 3.09. The number of hydrogen-bond donors (Lipinski definition) is 1. The first-order valence-corrected chi connectivity index (χ1v) is 4.78. The first-order chi connectivity index (χ1) is 6.06. The van der Waals surface area contributed by atoms with Gasteiger partial charge in [0.05, 0.1) is 19.8 Å². The maximum Gasteiger partial charge on any atom is 0.424 e. The summed E-state index contributed by atoms with van der Waals surface area (Å²) in [7, 11) is -2.99. The van der Waals surface area contributed by atoms with Crippen LogP contribution >= 0.6 is 0 Å². The van der Waals surface area contributed by atoms with Crippen LogP contribution in [0.4, 0.5) is 0 Å². The van der Waals surface area contributed by atoms with Crippen LogP contribution in [0.15, 0.2) is 0 Å². The van der Waals surface area contributed by atoms with Gasteiger partial charge in [-0.1, -0.05) is 4.33 Å². The summed E-state index contributed by atoms with van der Waals surface area (Å²) in [5.41, 5.74) is 0. The van der Waals surface area contributed by atoms with E-state index in [9.17, 15) is 8.42 Å². The van der Waals surface area contributed by atoms with Gasteiger partial charge in [-0.3, -0.25) is 4.55 Å². The van der Waals surface area contributed by atoms with Gasteiger partial charge in [0.25, 0.3) is 0 Å². The summed E-state index contributed by atoms with van der Waals surface area (Å²) in [6, 6.07) is 0. The van der Waals surface area contributed by atoms with Crippen molar-refractivity contribution in [3.8, 4) is 0 Å². The number of ether oxygens (including phenoxy) is 2. The molecule has 0 aromatic heterocycles. The Bertz CT molecular complexity index is 199. The highest BCUT2D eigenvalue weighted by Gasteiger charge is 2.04. The second-order valence-electron chi connectivity index (χ2n) is 1.92. The van der Waals surface area contributed by atoms with Gasteiger partial charge in [-0.2, -0.15) is 8.42 Å². The zero-order chi connectivity index (χ0) is 10.2. The Morgan fingerprint density at radius 2 is 1.77 bits per heavy atom. The van der Waals surface area contributed by atoms with E-state index >= 15 is 0 Å². The Morgan fingerprint density at radius 3 is 2.31 bits per heavy atom. The minimum absolute atomic E-state index is 0.0937. The molecule has 0 amide bonds. The molecule has 0 rings (SSSR count). The van der Waals surface area contributed by atoms with Gasteiger partial charge in [0.1, 0.15) is 6.61 Å². The quantitative estimate of drug-likeness (QED) is 0.251. The summed E-state index contributed by atoms with van der Waals surface area (Å²) < 4.78 is 41.0. The summed E-state index contributed by atoms with van der Waals surface area (Å²) in [6.45, 7) is 0.882. The van der Waals surface area contributed by atoms with E-state index in [0.717, 1.165) is 0 Å². The highest BCUT2D eigenvalue weighted by atomic mass is 32.3. The zero-order valence-electron chi connectivity index (χ0n) is 7.13. The summed E-state index contributed by atoms with van der Waals surface area (Å²) in [6.07, 6.45) is 0. The lowest BCUT2D eigenvalue weighted by Gasteiger charge is -2.02. The standard InChI is InChI=1S/C5H12O7S/c1-9-2-3-10-4-5-11-12-13(6,7)8/h2-5H2,1H3,(H,6,7,8). The minimum Gasteiger partial charge on any atom is -0.382 e. The first-order valence-electron chi connectivity index (χ1n) is 3.41. The molecule has 13 heavy (non-hydrogen) atoms. The van der Waals surface area contributed by atoms with Crippen LogP contribution in [0.2, 0.25) is 0 Å². The van der Waals surface area contributed by atoms with E-state index in [-0.39, 0.29) is 13.2 Å². The molecule has 0 atom stereocenters. The summed E-state index contributed by atoms with van der Waals surface area (Å²) in [5, 5.41) is 0. The van der Waals surface area contributed by atoms with E-state index in [1.165, 1.54) is 7.11 Å². The molecule has 0 aliphatic rings. The van der Waals surface area contributed by atoms with Crippen molar-refractivity contribution in [2.24, 2.45) is 0 Å². The minimum atomic E-state index is -4.52. The van der Waals surface area contributed by atoms with Gasteiger partial charge in [-0.05, 0) is 0 Å². The van der Waals surface area contributed by atoms with Crippen molar-refractivity contribution >= 4 is 10.4 Å². The number of methoxy groups -OCH3 is 1. The topological polar surface area (TPSA) is 91.3 Å². The van der Waals surface area contributed by atoms with Crippen LogP contribution in [0.25, 0.3) is 0 Å². The van der Waals surface area contributed by atoms with Crippen LogP contribution < -0.4 is 0 Å². The smallest absolute Gasteiger partial charge is 0.382 e. The third-order valence-electron chi connectivity index (χ3n) is 0.877. The molecule has 0 bridgehead atoms. The van der Waals surface area contributed by atoms with E-state index in [1.807, 2.05) is 0 Å². The fraction of sp³-hybridized carbons (Fsp3) is 1.00. The predicted molar refractivity (Wildman–Crippen MR) is 41.3 cm³/mol. The highest BCUT2D eigenvalue weighted by Crippen LogP contribution is 1.87. The fourth-order valence-electron chi connectivity index (χ4n) is 0.432.